The molecule has 3 aromatic heterocycles. The van der Waals surface area contributed by atoms with Crippen LogP contribution in [-0.2, 0) is 6.42 Å². The van der Waals surface area contributed by atoms with Gasteiger partial charge in [0.1, 0.15) is 11.5 Å². The first-order valence-corrected chi connectivity index (χ1v) is 8.60. The van der Waals surface area contributed by atoms with Crippen molar-refractivity contribution >= 4 is 11.0 Å². The SMILES string of the molecule is CCc1c(-c2ccc(C)cc2)nc2[nH]nc(C)c2c1-c1ccc(C)o1. The molecule has 1 N–H and O–H groups in total. The van der Waals surface area contributed by atoms with Gasteiger partial charge in [-0.3, -0.25) is 5.10 Å². The highest BCUT2D eigenvalue weighted by atomic mass is 16.3. The molecule has 4 rings (SSSR count). The number of fused-ring (bicyclic) bond motifs is 1. The molecule has 25 heavy (non-hydrogen) atoms. The summed E-state index contributed by atoms with van der Waals surface area (Å²) in [6.45, 7) is 8.23. The summed E-state index contributed by atoms with van der Waals surface area (Å²) in [6, 6.07) is 12.5. The third-order valence-corrected chi connectivity index (χ3v) is 4.65. The number of pyridine rings is 1. The third kappa shape index (κ3) is 2.54. The summed E-state index contributed by atoms with van der Waals surface area (Å²) in [5, 5.41) is 8.50. The van der Waals surface area contributed by atoms with Crippen LogP contribution in [0.1, 0.15) is 29.5 Å². The molecule has 126 valence electrons. The number of aromatic nitrogens is 3. The average molecular weight is 331 g/mol. The number of H-pyrrole nitrogens is 1. The number of aryl methyl sites for hydroxylation is 3. The molecule has 0 saturated carbocycles. The molecule has 0 aliphatic rings. The largest absolute Gasteiger partial charge is 0.461 e. The number of hydrogen-bond donors (Lipinski definition) is 1. The molecule has 0 saturated heterocycles. The second-order valence-electron chi connectivity index (χ2n) is 6.48. The van der Waals surface area contributed by atoms with E-state index in [1.165, 1.54) is 11.1 Å². The molecular formula is C21H21N3O. The molecule has 1 aromatic carbocycles. The Labute approximate surface area is 146 Å². The first kappa shape index (κ1) is 15.6. The number of nitrogens with zero attached hydrogens (tertiary/aromatic N) is 2. The summed E-state index contributed by atoms with van der Waals surface area (Å²) >= 11 is 0. The summed E-state index contributed by atoms with van der Waals surface area (Å²) in [5.74, 6) is 1.78. The first-order valence-electron chi connectivity index (χ1n) is 8.60. The number of furan rings is 1. The molecule has 0 aliphatic heterocycles. The van der Waals surface area contributed by atoms with Crippen molar-refractivity contribution in [2.75, 3.05) is 0 Å². The quantitative estimate of drug-likeness (QED) is 0.549. The van der Waals surface area contributed by atoms with Crippen molar-refractivity contribution in [3.8, 4) is 22.6 Å². The van der Waals surface area contributed by atoms with Gasteiger partial charge in [-0.15, -0.1) is 0 Å². The Hall–Kier alpha value is -2.88. The molecule has 0 unspecified atom stereocenters. The van der Waals surface area contributed by atoms with Crippen molar-refractivity contribution in [1.29, 1.82) is 0 Å². The Morgan fingerprint density at radius 3 is 2.40 bits per heavy atom. The first-order chi connectivity index (χ1) is 12.1. The fraction of sp³-hybridized carbons (Fsp3) is 0.238. The van der Waals surface area contributed by atoms with Crippen LogP contribution in [0.2, 0.25) is 0 Å². The van der Waals surface area contributed by atoms with E-state index in [4.69, 9.17) is 9.40 Å². The Bertz CT molecular complexity index is 1050. The molecule has 3 heterocycles. The van der Waals surface area contributed by atoms with Gasteiger partial charge in [-0.25, -0.2) is 4.98 Å². The fourth-order valence-corrected chi connectivity index (χ4v) is 3.38. The van der Waals surface area contributed by atoms with Gasteiger partial charge in [0.25, 0.3) is 0 Å². The van der Waals surface area contributed by atoms with Crippen molar-refractivity contribution < 1.29 is 4.42 Å². The van der Waals surface area contributed by atoms with Crippen molar-refractivity contribution in [3.05, 3.63) is 59.0 Å². The standard InChI is InChI=1S/C21H21N3O/c1-5-16-19(17-11-8-13(3)25-17)18-14(4)23-24-21(18)22-20(16)15-9-6-12(2)7-10-15/h6-11H,5H2,1-4H3,(H,22,23,24). The van der Waals surface area contributed by atoms with Crippen LogP contribution in [0, 0.1) is 20.8 Å². The minimum absolute atomic E-state index is 0.800. The molecular weight excluding hydrogens is 310 g/mol. The summed E-state index contributed by atoms with van der Waals surface area (Å²) in [6.07, 6.45) is 0.867. The van der Waals surface area contributed by atoms with E-state index < -0.39 is 0 Å². The smallest absolute Gasteiger partial charge is 0.156 e. The van der Waals surface area contributed by atoms with Gasteiger partial charge in [-0.05, 0) is 44.9 Å². The number of nitrogens with one attached hydrogen (secondary N) is 1. The molecule has 0 radical (unpaired) electrons. The van der Waals surface area contributed by atoms with Crippen molar-refractivity contribution in [2.24, 2.45) is 0 Å². The maximum absolute atomic E-state index is 5.99. The maximum Gasteiger partial charge on any atom is 0.156 e. The normalized spacial score (nSPS) is 11.4. The summed E-state index contributed by atoms with van der Waals surface area (Å²) in [5.41, 5.74) is 7.37. The summed E-state index contributed by atoms with van der Waals surface area (Å²) in [4.78, 5) is 4.90. The lowest BCUT2D eigenvalue weighted by atomic mass is 9.94. The number of aromatic amines is 1. The molecule has 0 amide bonds. The molecule has 0 atom stereocenters. The predicted molar refractivity (Wildman–Crippen MR) is 101 cm³/mol. The van der Waals surface area contributed by atoms with E-state index in [9.17, 15) is 0 Å². The van der Waals surface area contributed by atoms with E-state index in [1.54, 1.807) is 0 Å². The number of benzene rings is 1. The topological polar surface area (TPSA) is 54.7 Å². The highest BCUT2D eigenvalue weighted by Gasteiger charge is 2.21. The predicted octanol–water partition coefficient (Wildman–Crippen LogP) is 5.37. The van der Waals surface area contributed by atoms with Gasteiger partial charge >= 0.3 is 0 Å². The summed E-state index contributed by atoms with van der Waals surface area (Å²) < 4.78 is 5.99. The van der Waals surface area contributed by atoms with E-state index >= 15 is 0 Å². The van der Waals surface area contributed by atoms with Crippen molar-refractivity contribution in [2.45, 2.75) is 34.1 Å². The van der Waals surface area contributed by atoms with Crippen molar-refractivity contribution in [3.63, 3.8) is 0 Å². The van der Waals surface area contributed by atoms with Crippen LogP contribution in [0.4, 0.5) is 0 Å². The molecule has 4 aromatic rings. The van der Waals surface area contributed by atoms with Crippen LogP contribution >= 0.6 is 0 Å². The van der Waals surface area contributed by atoms with Crippen LogP contribution < -0.4 is 0 Å². The van der Waals surface area contributed by atoms with Gasteiger partial charge in [0, 0.05) is 11.1 Å². The Morgan fingerprint density at radius 2 is 1.76 bits per heavy atom. The Kier molecular flexibility index (Phi) is 3.68. The van der Waals surface area contributed by atoms with E-state index in [0.717, 1.165) is 51.5 Å². The highest BCUT2D eigenvalue weighted by molar-refractivity contribution is 5.98. The van der Waals surface area contributed by atoms with Gasteiger partial charge in [-0.1, -0.05) is 36.8 Å². The van der Waals surface area contributed by atoms with Crippen LogP contribution in [0.5, 0.6) is 0 Å². The van der Waals surface area contributed by atoms with Crippen LogP contribution in [0.15, 0.2) is 40.8 Å². The van der Waals surface area contributed by atoms with E-state index in [2.05, 4.69) is 48.3 Å². The minimum atomic E-state index is 0.800. The maximum atomic E-state index is 5.99. The second-order valence-corrected chi connectivity index (χ2v) is 6.48. The van der Waals surface area contributed by atoms with Crippen molar-refractivity contribution in [1.82, 2.24) is 15.2 Å². The fourth-order valence-electron chi connectivity index (χ4n) is 3.38. The number of hydrogen-bond acceptors (Lipinski definition) is 3. The lowest BCUT2D eigenvalue weighted by molar-refractivity contribution is 0.548. The zero-order valence-corrected chi connectivity index (χ0v) is 15.0. The average Bonchev–Trinajstić information content (AvgIpc) is 3.20. The highest BCUT2D eigenvalue weighted by Crippen LogP contribution is 2.38. The molecule has 4 heteroatoms. The summed E-state index contributed by atoms with van der Waals surface area (Å²) in [7, 11) is 0. The van der Waals surface area contributed by atoms with E-state index in [0.29, 0.717) is 0 Å². The van der Waals surface area contributed by atoms with Crippen LogP contribution in [-0.4, -0.2) is 15.2 Å². The van der Waals surface area contributed by atoms with Crippen LogP contribution in [0.25, 0.3) is 33.6 Å². The van der Waals surface area contributed by atoms with Gasteiger partial charge in [0.2, 0.25) is 0 Å². The minimum Gasteiger partial charge on any atom is -0.461 e. The Morgan fingerprint density at radius 1 is 1.00 bits per heavy atom. The molecule has 0 fully saturated rings. The van der Waals surface area contributed by atoms with E-state index in [-0.39, 0.29) is 0 Å². The van der Waals surface area contributed by atoms with Crippen LogP contribution in [0.3, 0.4) is 0 Å². The lowest BCUT2D eigenvalue weighted by Gasteiger charge is -2.14. The molecule has 0 bridgehead atoms. The molecule has 4 nitrogen and oxygen atoms in total. The zero-order chi connectivity index (χ0) is 17.6. The zero-order valence-electron chi connectivity index (χ0n) is 15.0. The second kappa shape index (κ2) is 5.88. The number of rotatable bonds is 3. The van der Waals surface area contributed by atoms with Gasteiger partial charge in [0.15, 0.2) is 5.65 Å². The van der Waals surface area contributed by atoms with Gasteiger partial charge < -0.3 is 4.42 Å². The monoisotopic (exact) mass is 331 g/mol. The third-order valence-electron chi connectivity index (χ3n) is 4.65. The molecule has 0 spiro atoms. The molecule has 0 aliphatic carbocycles. The Balaban J connectivity index is 2.10. The van der Waals surface area contributed by atoms with E-state index in [1.807, 2.05) is 26.0 Å². The lowest BCUT2D eigenvalue weighted by Crippen LogP contribution is -1.98. The van der Waals surface area contributed by atoms with Gasteiger partial charge in [0.05, 0.1) is 16.8 Å². The van der Waals surface area contributed by atoms with Gasteiger partial charge in [-0.2, -0.15) is 5.10 Å².